The van der Waals surface area contributed by atoms with Crippen LogP contribution in [0.4, 0.5) is 0 Å². The molecule has 1 aromatic rings. The highest BCUT2D eigenvalue weighted by Gasteiger charge is 2.35. The summed E-state index contributed by atoms with van der Waals surface area (Å²) in [4.78, 5) is 0. The molecule has 2 N–H and O–H groups in total. The molecule has 0 bridgehead atoms. The molecule has 1 aromatic carbocycles. The van der Waals surface area contributed by atoms with Gasteiger partial charge in [0.05, 0.1) is 0 Å². The number of rotatable bonds is 1. The molecule has 1 saturated carbocycles. The monoisotopic (exact) mass is 177 g/mol. The van der Waals surface area contributed by atoms with Gasteiger partial charge in [-0.15, -0.1) is 0 Å². The first-order valence-electron chi connectivity index (χ1n) is 4.50. The third-order valence-corrected chi connectivity index (χ3v) is 2.66. The van der Waals surface area contributed by atoms with Gasteiger partial charge in [0.1, 0.15) is 0 Å². The number of benzene rings is 1. The van der Waals surface area contributed by atoms with Crippen molar-refractivity contribution < 1.29 is 9.47 Å². The maximum Gasteiger partial charge on any atom is 0.231 e. The van der Waals surface area contributed by atoms with Crippen LogP contribution in [-0.2, 0) is 0 Å². The van der Waals surface area contributed by atoms with Crippen molar-refractivity contribution in [1.29, 1.82) is 0 Å². The molecule has 1 aliphatic carbocycles. The molecule has 1 heterocycles. The van der Waals surface area contributed by atoms with Gasteiger partial charge in [0.2, 0.25) is 6.79 Å². The molecule has 3 rings (SSSR count). The van der Waals surface area contributed by atoms with Gasteiger partial charge >= 0.3 is 0 Å². The Balaban J connectivity index is 1.96. The normalized spacial score (nSPS) is 29.0. The average molecular weight is 177 g/mol. The van der Waals surface area contributed by atoms with Gasteiger partial charge in [-0.1, -0.05) is 6.07 Å². The van der Waals surface area contributed by atoms with Gasteiger partial charge in [-0.05, 0) is 24.1 Å². The molecule has 0 radical (unpaired) electrons. The quantitative estimate of drug-likeness (QED) is 0.701. The van der Waals surface area contributed by atoms with Gasteiger partial charge in [-0.2, -0.15) is 0 Å². The van der Waals surface area contributed by atoms with E-state index in [2.05, 4.69) is 6.07 Å². The Labute approximate surface area is 76.4 Å². The summed E-state index contributed by atoms with van der Waals surface area (Å²) in [5.41, 5.74) is 7.05. The molecule has 1 aliphatic heterocycles. The van der Waals surface area contributed by atoms with Gasteiger partial charge < -0.3 is 15.2 Å². The standard InChI is InChI=1S/C10H11NO2/c11-8-4-7(8)6-1-2-9-10(3-6)13-5-12-9/h1-3,7-8H,4-5,11H2. The predicted octanol–water partition coefficient (Wildman–Crippen LogP) is 1.23. The number of hydrogen-bond acceptors (Lipinski definition) is 3. The molecule has 1 fully saturated rings. The summed E-state index contributed by atoms with van der Waals surface area (Å²) >= 11 is 0. The molecule has 0 spiro atoms. The van der Waals surface area contributed by atoms with Gasteiger partial charge in [0.15, 0.2) is 11.5 Å². The molecular weight excluding hydrogens is 166 g/mol. The van der Waals surface area contributed by atoms with E-state index in [9.17, 15) is 0 Å². The van der Waals surface area contributed by atoms with E-state index >= 15 is 0 Å². The van der Waals surface area contributed by atoms with Crippen LogP contribution in [0.3, 0.4) is 0 Å². The van der Waals surface area contributed by atoms with E-state index in [1.165, 1.54) is 5.56 Å². The highest BCUT2D eigenvalue weighted by Crippen LogP contribution is 2.43. The van der Waals surface area contributed by atoms with Crippen molar-refractivity contribution in [2.75, 3.05) is 6.79 Å². The molecule has 68 valence electrons. The Hall–Kier alpha value is -1.22. The molecular formula is C10H11NO2. The van der Waals surface area contributed by atoms with Crippen molar-refractivity contribution in [3.8, 4) is 11.5 Å². The van der Waals surface area contributed by atoms with Crippen LogP contribution in [0.25, 0.3) is 0 Å². The number of fused-ring (bicyclic) bond motifs is 1. The number of hydrogen-bond donors (Lipinski definition) is 1. The molecule has 3 heteroatoms. The SMILES string of the molecule is NC1CC1c1ccc2c(c1)OCO2. The van der Waals surface area contributed by atoms with Crippen molar-refractivity contribution in [3.63, 3.8) is 0 Å². The van der Waals surface area contributed by atoms with Crippen molar-refractivity contribution in [3.05, 3.63) is 23.8 Å². The molecule has 2 aliphatic rings. The van der Waals surface area contributed by atoms with Gasteiger partial charge in [0, 0.05) is 12.0 Å². The molecule has 0 saturated heterocycles. The van der Waals surface area contributed by atoms with E-state index < -0.39 is 0 Å². The molecule has 0 aromatic heterocycles. The van der Waals surface area contributed by atoms with E-state index in [-0.39, 0.29) is 0 Å². The highest BCUT2D eigenvalue weighted by atomic mass is 16.7. The van der Waals surface area contributed by atoms with E-state index in [0.29, 0.717) is 18.8 Å². The summed E-state index contributed by atoms with van der Waals surface area (Å²) < 4.78 is 10.5. The third kappa shape index (κ3) is 1.08. The lowest BCUT2D eigenvalue weighted by atomic mass is 10.1. The molecule has 3 nitrogen and oxygen atoms in total. The summed E-state index contributed by atoms with van der Waals surface area (Å²) in [5, 5.41) is 0. The Kier molecular flexibility index (Phi) is 1.32. The van der Waals surface area contributed by atoms with Crippen LogP contribution in [0, 0.1) is 0 Å². The van der Waals surface area contributed by atoms with Gasteiger partial charge in [-0.25, -0.2) is 0 Å². The van der Waals surface area contributed by atoms with Crippen molar-refractivity contribution in [2.24, 2.45) is 5.73 Å². The van der Waals surface area contributed by atoms with Crippen LogP contribution in [0.5, 0.6) is 11.5 Å². The smallest absolute Gasteiger partial charge is 0.231 e. The zero-order valence-corrected chi connectivity index (χ0v) is 7.19. The lowest BCUT2D eigenvalue weighted by molar-refractivity contribution is 0.174. The maximum absolute atomic E-state index is 5.77. The average Bonchev–Trinajstić information content (AvgIpc) is 2.70. The molecule has 0 amide bonds. The van der Waals surface area contributed by atoms with Gasteiger partial charge in [0.25, 0.3) is 0 Å². The lowest BCUT2D eigenvalue weighted by Crippen LogP contribution is -2.00. The van der Waals surface area contributed by atoms with E-state index in [1.54, 1.807) is 0 Å². The first kappa shape index (κ1) is 7.21. The second-order valence-corrected chi connectivity index (χ2v) is 3.62. The Morgan fingerprint density at radius 2 is 2.00 bits per heavy atom. The van der Waals surface area contributed by atoms with Crippen LogP contribution >= 0.6 is 0 Å². The van der Waals surface area contributed by atoms with Crippen LogP contribution in [-0.4, -0.2) is 12.8 Å². The topological polar surface area (TPSA) is 44.5 Å². The van der Waals surface area contributed by atoms with Crippen molar-refractivity contribution in [2.45, 2.75) is 18.4 Å². The summed E-state index contributed by atoms with van der Waals surface area (Å²) in [7, 11) is 0. The first-order chi connectivity index (χ1) is 6.34. The Bertz CT molecular complexity index is 351. The van der Waals surface area contributed by atoms with Crippen LogP contribution in [0.1, 0.15) is 17.9 Å². The Morgan fingerprint density at radius 3 is 2.77 bits per heavy atom. The van der Waals surface area contributed by atoms with E-state index in [0.717, 1.165) is 17.9 Å². The summed E-state index contributed by atoms with van der Waals surface area (Å²) in [6.45, 7) is 0.343. The zero-order valence-electron chi connectivity index (χ0n) is 7.19. The predicted molar refractivity (Wildman–Crippen MR) is 47.9 cm³/mol. The van der Waals surface area contributed by atoms with Crippen LogP contribution < -0.4 is 15.2 Å². The zero-order chi connectivity index (χ0) is 8.84. The fourth-order valence-electron chi connectivity index (χ4n) is 1.74. The number of ether oxygens (including phenoxy) is 2. The van der Waals surface area contributed by atoms with Crippen LogP contribution in [0.2, 0.25) is 0 Å². The highest BCUT2D eigenvalue weighted by molar-refractivity contribution is 5.46. The Morgan fingerprint density at radius 1 is 1.23 bits per heavy atom. The molecule has 13 heavy (non-hydrogen) atoms. The van der Waals surface area contributed by atoms with E-state index in [4.69, 9.17) is 15.2 Å². The summed E-state index contributed by atoms with van der Waals surface area (Å²) in [5.74, 6) is 2.24. The van der Waals surface area contributed by atoms with Crippen LogP contribution in [0.15, 0.2) is 18.2 Å². The van der Waals surface area contributed by atoms with Gasteiger partial charge in [-0.3, -0.25) is 0 Å². The second-order valence-electron chi connectivity index (χ2n) is 3.62. The lowest BCUT2D eigenvalue weighted by Gasteiger charge is -2.00. The summed E-state index contributed by atoms with van der Waals surface area (Å²) in [6.07, 6.45) is 1.10. The maximum atomic E-state index is 5.77. The molecule has 2 unspecified atom stereocenters. The third-order valence-electron chi connectivity index (χ3n) is 2.66. The van der Waals surface area contributed by atoms with Crippen molar-refractivity contribution >= 4 is 0 Å². The van der Waals surface area contributed by atoms with E-state index in [1.807, 2.05) is 12.1 Å². The summed E-state index contributed by atoms with van der Waals surface area (Å²) in [6, 6.07) is 6.42. The van der Waals surface area contributed by atoms with Crippen molar-refractivity contribution in [1.82, 2.24) is 0 Å². The second kappa shape index (κ2) is 2.39. The molecule has 2 atom stereocenters. The minimum atomic E-state index is 0.343. The largest absolute Gasteiger partial charge is 0.454 e. The fourth-order valence-corrected chi connectivity index (χ4v) is 1.74. The fraction of sp³-hybridized carbons (Fsp3) is 0.400. The minimum absolute atomic E-state index is 0.343. The first-order valence-corrected chi connectivity index (χ1v) is 4.50. The minimum Gasteiger partial charge on any atom is -0.454 e. The number of nitrogens with two attached hydrogens (primary N) is 1.